The monoisotopic (exact) mass is 284 g/mol. The lowest BCUT2D eigenvalue weighted by Crippen LogP contribution is -2.21. The molecule has 0 radical (unpaired) electrons. The fourth-order valence-electron chi connectivity index (χ4n) is 2.73. The molecule has 1 aliphatic carbocycles. The number of hydrogen-bond acceptors (Lipinski definition) is 5. The van der Waals surface area contributed by atoms with Crippen molar-refractivity contribution < 1.29 is 5.11 Å². The average molecular weight is 284 g/mol. The molecule has 0 unspecified atom stereocenters. The van der Waals surface area contributed by atoms with Crippen LogP contribution in [0.1, 0.15) is 17.2 Å². The van der Waals surface area contributed by atoms with Gasteiger partial charge in [-0.05, 0) is 11.1 Å². The van der Waals surface area contributed by atoms with E-state index < -0.39 is 6.10 Å². The lowest BCUT2D eigenvalue weighted by Gasteiger charge is -2.15. The lowest BCUT2D eigenvalue weighted by atomic mass is 10.1. The first-order valence-corrected chi connectivity index (χ1v) is 7.28. The zero-order valence-electron chi connectivity index (χ0n) is 10.5. The number of aromatic nitrogens is 4. The molecule has 0 saturated heterocycles. The fraction of sp³-hybridized carbons (Fsp3) is 0.214. The van der Waals surface area contributed by atoms with E-state index in [1.807, 2.05) is 29.8 Å². The molecule has 0 aliphatic heterocycles. The van der Waals surface area contributed by atoms with Crippen LogP contribution >= 0.6 is 11.3 Å². The average Bonchev–Trinajstić information content (AvgIpc) is 3.16. The van der Waals surface area contributed by atoms with Gasteiger partial charge >= 0.3 is 0 Å². The second-order valence-electron chi connectivity index (χ2n) is 4.84. The van der Waals surface area contributed by atoms with Gasteiger partial charge in [0.2, 0.25) is 0 Å². The third-order valence-corrected chi connectivity index (χ3v) is 4.41. The molecule has 0 fully saturated rings. The Morgan fingerprint density at radius 2 is 2.20 bits per heavy atom. The topological polar surface area (TPSA) is 63.8 Å². The van der Waals surface area contributed by atoms with Crippen molar-refractivity contribution in [3.05, 3.63) is 53.2 Å². The molecule has 2 heterocycles. The van der Waals surface area contributed by atoms with Crippen molar-refractivity contribution in [2.45, 2.75) is 18.6 Å². The zero-order chi connectivity index (χ0) is 13.5. The van der Waals surface area contributed by atoms with E-state index in [0.717, 1.165) is 16.3 Å². The predicted octanol–water partition coefficient (Wildman–Crippen LogP) is 1.91. The van der Waals surface area contributed by atoms with Gasteiger partial charge < -0.3 is 5.11 Å². The van der Waals surface area contributed by atoms with Crippen LogP contribution < -0.4 is 0 Å². The maximum absolute atomic E-state index is 10.3. The summed E-state index contributed by atoms with van der Waals surface area (Å²) in [7, 11) is 0. The highest BCUT2D eigenvalue weighted by atomic mass is 32.1. The molecule has 2 aromatic heterocycles. The van der Waals surface area contributed by atoms with E-state index in [1.54, 1.807) is 10.9 Å². The third kappa shape index (κ3) is 1.76. The quantitative estimate of drug-likeness (QED) is 0.780. The molecule has 5 nitrogen and oxygen atoms in total. The predicted molar refractivity (Wildman–Crippen MR) is 75.4 cm³/mol. The molecule has 1 N–H and O–H groups in total. The molecule has 0 spiro atoms. The molecule has 3 aromatic rings. The van der Waals surface area contributed by atoms with E-state index in [9.17, 15) is 5.11 Å². The largest absolute Gasteiger partial charge is 0.390 e. The number of fused-ring (bicyclic) bond motifs is 1. The van der Waals surface area contributed by atoms with Crippen molar-refractivity contribution in [2.24, 2.45) is 0 Å². The fourth-order valence-corrected chi connectivity index (χ4v) is 3.32. The molecule has 1 aliphatic rings. The number of aliphatic hydroxyl groups excluding tert-OH is 1. The van der Waals surface area contributed by atoms with Gasteiger partial charge in [-0.1, -0.05) is 29.5 Å². The number of thiazole rings is 1. The van der Waals surface area contributed by atoms with E-state index in [4.69, 9.17) is 0 Å². The maximum Gasteiger partial charge on any atom is 0.145 e. The van der Waals surface area contributed by atoms with Crippen LogP contribution in [0, 0.1) is 0 Å². The Kier molecular flexibility index (Phi) is 2.64. The van der Waals surface area contributed by atoms with E-state index in [0.29, 0.717) is 6.42 Å². The van der Waals surface area contributed by atoms with Crippen LogP contribution in [-0.2, 0) is 6.42 Å². The number of aliphatic hydroxyl groups is 1. The summed E-state index contributed by atoms with van der Waals surface area (Å²) in [6.45, 7) is 0. The Morgan fingerprint density at radius 3 is 3.05 bits per heavy atom. The molecule has 20 heavy (non-hydrogen) atoms. The highest BCUT2D eigenvalue weighted by molar-refractivity contribution is 7.13. The van der Waals surface area contributed by atoms with Crippen molar-refractivity contribution >= 4 is 11.3 Å². The van der Waals surface area contributed by atoms with Gasteiger partial charge in [0.15, 0.2) is 0 Å². The molecule has 4 rings (SSSR count). The zero-order valence-corrected chi connectivity index (χ0v) is 11.4. The smallest absolute Gasteiger partial charge is 0.145 e. The van der Waals surface area contributed by atoms with Gasteiger partial charge in [-0.3, -0.25) is 0 Å². The van der Waals surface area contributed by atoms with Crippen molar-refractivity contribution in [3.8, 4) is 10.7 Å². The SMILES string of the molecule is O[C@H]1Cc2ccccc2[C@H]1n1cc(-c2nccs2)nn1. The minimum absolute atomic E-state index is 0.160. The summed E-state index contributed by atoms with van der Waals surface area (Å²) >= 11 is 1.53. The van der Waals surface area contributed by atoms with Gasteiger partial charge in [-0.25, -0.2) is 9.67 Å². The first-order valence-electron chi connectivity index (χ1n) is 6.40. The Morgan fingerprint density at radius 1 is 1.30 bits per heavy atom. The summed E-state index contributed by atoms with van der Waals surface area (Å²) in [4.78, 5) is 4.23. The molecule has 2 atom stereocenters. The van der Waals surface area contributed by atoms with E-state index in [2.05, 4.69) is 21.4 Å². The second kappa shape index (κ2) is 4.50. The molecule has 0 saturated carbocycles. The van der Waals surface area contributed by atoms with Gasteiger partial charge in [-0.2, -0.15) is 0 Å². The summed E-state index contributed by atoms with van der Waals surface area (Å²) in [5, 5.41) is 21.4. The van der Waals surface area contributed by atoms with Crippen molar-refractivity contribution in [3.63, 3.8) is 0 Å². The van der Waals surface area contributed by atoms with Gasteiger partial charge in [0.1, 0.15) is 16.7 Å². The maximum atomic E-state index is 10.3. The van der Waals surface area contributed by atoms with Crippen LogP contribution in [-0.4, -0.2) is 31.2 Å². The van der Waals surface area contributed by atoms with E-state index in [1.165, 1.54) is 16.9 Å². The van der Waals surface area contributed by atoms with Crippen molar-refractivity contribution in [1.29, 1.82) is 0 Å². The van der Waals surface area contributed by atoms with Gasteiger partial charge in [0.05, 0.1) is 12.3 Å². The molecule has 100 valence electrons. The standard InChI is InChI=1S/C14H12N4OS/c19-12-7-9-3-1-2-4-10(9)13(12)18-8-11(16-17-18)14-15-5-6-20-14/h1-6,8,12-13,19H,7H2/t12-,13+/m0/s1. The summed E-state index contributed by atoms with van der Waals surface area (Å²) in [5.41, 5.74) is 3.04. The van der Waals surface area contributed by atoms with Crippen LogP contribution in [0.4, 0.5) is 0 Å². The Bertz CT molecular complexity index is 737. The summed E-state index contributed by atoms with van der Waals surface area (Å²) < 4.78 is 1.74. The summed E-state index contributed by atoms with van der Waals surface area (Å²) in [5.74, 6) is 0. The Hall–Kier alpha value is -2.05. The van der Waals surface area contributed by atoms with Gasteiger partial charge in [0, 0.05) is 18.0 Å². The number of hydrogen-bond donors (Lipinski definition) is 1. The molecule has 6 heteroatoms. The molecular formula is C14H12N4OS. The number of nitrogens with zero attached hydrogens (tertiary/aromatic N) is 4. The normalized spacial score (nSPS) is 21.1. The molecule has 1 aromatic carbocycles. The molecule has 0 amide bonds. The minimum Gasteiger partial charge on any atom is -0.390 e. The van der Waals surface area contributed by atoms with E-state index >= 15 is 0 Å². The lowest BCUT2D eigenvalue weighted by molar-refractivity contribution is 0.137. The van der Waals surface area contributed by atoms with Gasteiger partial charge in [0.25, 0.3) is 0 Å². The minimum atomic E-state index is -0.460. The highest BCUT2D eigenvalue weighted by Crippen LogP contribution is 2.34. The molecular weight excluding hydrogens is 272 g/mol. The number of benzene rings is 1. The van der Waals surface area contributed by atoms with Crippen LogP contribution in [0.2, 0.25) is 0 Å². The summed E-state index contributed by atoms with van der Waals surface area (Å²) in [6.07, 6.45) is 3.80. The van der Waals surface area contributed by atoms with E-state index in [-0.39, 0.29) is 6.04 Å². The Balaban J connectivity index is 1.75. The number of rotatable bonds is 2. The van der Waals surface area contributed by atoms with Crippen LogP contribution in [0.15, 0.2) is 42.0 Å². The van der Waals surface area contributed by atoms with Crippen molar-refractivity contribution in [2.75, 3.05) is 0 Å². The third-order valence-electron chi connectivity index (χ3n) is 3.61. The first-order chi connectivity index (χ1) is 9.83. The van der Waals surface area contributed by atoms with Gasteiger partial charge in [-0.15, -0.1) is 16.4 Å². The van der Waals surface area contributed by atoms with Crippen LogP contribution in [0.3, 0.4) is 0 Å². The van der Waals surface area contributed by atoms with Crippen LogP contribution in [0.5, 0.6) is 0 Å². The Labute approximate surface area is 119 Å². The highest BCUT2D eigenvalue weighted by Gasteiger charge is 2.33. The first kappa shape index (κ1) is 11.7. The van der Waals surface area contributed by atoms with Crippen molar-refractivity contribution in [1.82, 2.24) is 20.0 Å². The van der Waals surface area contributed by atoms with Crippen LogP contribution in [0.25, 0.3) is 10.7 Å². The second-order valence-corrected chi connectivity index (χ2v) is 5.73. The summed E-state index contributed by atoms with van der Waals surface area (Å²) in [6, 6.07) is 7.92. The molecule has 0 bridgehead atoms.